The molecule has 0 unspecified atom stereocenters. The lowest BCUT2D eigenvalue weighted by atomic mass is 10.1. The standard InChI is InChI=1S/C12H16ClNO2/c1-9(14(2)12(15)8-13)10-6-4-5-7-11(10)16-3/h4-7,9H,8H2,1-3H3/t9-/m0/s1. The van der Waals surface area contributed by atoms with Crippen LogP contribution in [-0.2, 0) is 4.79 Å². The molecule has 1 amide bonds. The highest BCUT2D eigenvalue weighted by molar-refractivity contribution is 6.27. The third-order valence-electron chi connectivity index (χ3n) is 2.68. The van der Waals surface area contributed by atoms with Crippen molar-refractivity contribution in [3.05, 3.63) is 29.8 Å². The molecule has 3 nitrogen and oxygen atoms in total. The Bertz CT molecular complexity index is 368. The van der Waals surface area contributed by atoms with Crippen molar-refractivity contribution in [3.8, 4) is 5.75 Å². The van der Waals surface area contributed by atoms with Crippen LogP contribution in [-0.4, -0.2) is 30.8 Å². The molecule has 0 radical (unpaired) electrons. The number of rotatable bonds is 4. The first-order valence-electron chi connectivity index (χ1n) is 5.06. The number of halogens is 1. The molecule has 1 atom stereocenters. The van der Waals surface area contributed by atoms with Gasteiger partial charge in [-0.15, -0.1) is 11.6 Å². The molecule has 16 heavy (non-hydrogen) atoms. The van der Waals surface area contributed by atoms with E-state index < -0.39 is 0 Å². The van der Waals surface area contributed by atoms with E-state index >= 15 is 0 Å². The maximum Gasteiger partial charge on any atom is 0.237 e. The normalized spacial score (nSPS) is 12.0. The van der Waals surface area contributed by atoms with E-state index in [1.54, 1.807) is 19.1 Å². The number of carbonyl (C=O) groups is 1. The van der Waals surface area contributed by atoms with Gasteiger partial charge in [0.1, 0.15) is 11.6 Å². The average Bonchev–Trinajstić information content (AvgIpc) is 2.35. The van der Waals surface area contributed by atoms with Crippen LogP contribution < -0.4 is 4.74 Å². The molecule has 0 aliphatic heterocycles. The molecule has 88 valence electrons. The summed E-state index contributed by atoms with van der Waals surface area (Å²) < 4.78 is 5.26. The fraction of sp³-hybridized carbons (Fsp3) is 0.417. The number of amides is 1. The molecule has 0 saturated heterocycles. The summed E-state index contributed by atoms with van der Waals surface area (Å²) in [6, 6.07) is 7.60. The van der Waals surface area contributed by atoms with Crippen molar-refractivity contribution < 1.29 is 9.53 Å². The fourth-order valence-corrected chi connectivity index (χ4v) is 1.72. The molecular weight excluding hydrogens is 226 g/mol. The van der Waals surface area contributed by atoms with Crippen LogP contribution in [0, 0.1) is 0 Å². The lowest BCUT2D eigenvalue weighted by molar-refractivity contribution is -0.129. The summed E-state index contributed by atoms with van der Waals surface area (Å²) in [6.45, 7) is 1.95. The first kappa shape index (κ1) is 12.8. The van der Waals surface area contributed by atoms with Gasteiger partial charge >= 0.3 is 0 Å². The quantitative estimate of drug-likeness (QED) is 0.758. The van der Waals surface area contributed by atoms with E-state index in [9.17, 15) is 4.79 Å². The van der Waals surface area contributed by atoms with Gasteiger partial charge in [0.15, 0.2) is 0 Å². The Hall–Kier alpha value is -1.22. The number of ether oxygens (including phenoxy) is 1. The Morgan fingerprint density at radius 1 is 1.50 bits per heavy atom. The van der Waals surface area contributed by atoms with E-state index in [4.69, 9.17) is 16.3 Å². The molecule has 1 rings (SSSR count). The maximum atomic E-state index is 11.5. The van der Waals surface area contributed by atoms with Gasteiger partial charge in [-0.05, 0) is 13.0 Å². The first-order chi connectivity index (χ1) is 7.61. The third kappa shape index (κ3) is 2.67. The summed E-state index contributed by atoms with van der Waals surface area (Å²) >= 11 is 5.53. The summed E-state index contributed by atoms with van der Waals surface area (Å²) in [5.41, 5.74) is 0.978. The Morgan fingerprint density at radius 3 is 2.69 bits per heavy atom. The molecule has 1 aromatic rings. The van der Waals surface area contributed by atoms with Crippen molar-refractivity contribution in [2.45, 2.75) is 13.0 Å². The highest BCUT2D eigenvalue weighted by Crippen LogP contribution is 2.27. The summed E-state index contributed by atoms with van der Waals surface area (Å²) in [6.07, 6.45) is 0. The van der Waals surface area contributed by atoms with E-state index in [1.807, 2.05) is 31.2 Å². The van der Waals surface area contributed by atoms with E-state index in [1.165, 1.54) is 0 Å². The number of hydrogen-bond donors (Lipinski definition) is 0. The summed E-state index contributed by atoms with van der Waals surface area (Å²) in [5.74, 6) is 0.681. The molecule has 0 aromatic heterocycles. The molecule has 0 aliphatic rings. The van der Waals surface area contributed by atoms with Gasteiger partial charge in [-0.2, -0.15) is 0 Å². The Balaban J connectivity index is 2.95. The smallest absolute Gasteiger partial charge is 0.237 e. The fourth-order valence-electron chi connectivity index (χ4n) is 1.53. The largest absolute Gasteiger partial charge is 0.496 e. The van der Waals surface area contributed by atoms with Crippen molar-refractivity contribution in [2.75, 3.05) is 20.0 Å². The van der Waals surface area contributed by atoms with Gasteiger partial charge in [-0.25, -0.2) is 0 Å². The highest BCUT2D eigenvalue weighted by atomic mass is 35.5. The van der Waals surface area contributed by atoms with Crippen LogP contribution in [0.1, 0.15) is 18.5 Å². The molecule has 0 bridgehead atoms. The van der Waals surface area contributed by atoms with Crippen LogP contribution >= 0.6 is 11.6 Å². The zero-order valence-corrected chi connectivity index (χ0v) is 10.5. The Kier molecular flexibility index (Phi) is 4.62. The van der Waals surface area contributed by atoms with Crippen LogP contribution in [0.4, 0.5) is 0 Å². The van der Waals surface area contributed by atoms with Gasteiger partial charge < -0.3 is 9.64 Å². The summed E-state index contributed by atoms with van der Waals surface area (Å²) in [5, 5.41) is 0. The van der Waals surface area contributed by atoms with Gasteiger partial charge in [0.2, 0.25) is 5.91 Å². The van der Waals surface area contributed by atoms with Gasteiger partial charge in [-0.1, -0.05) is 18.2 Å². The number of methoxy groups -OCH3 is 1. The van der Waals surface area contributed by atoms with Crippen LogP contribution in [0.25, 0.3) is 0 Å². The Labute approximate surface area is 101 Å². The van der Waals surface area contributed by atoms with Crippen molar-refractivity contribution in [1.29, 1.82) is 0 Å². The number of alkyl halides is 1. The monoisotopic (exact) mass is 241 g/mol. The number of nitrogens with zero attached hydrogens (tertiary/aromatic N) is 1. The average molecular weight is 242 g/mol. The molecule has 0 aliphatic carbocycles. The van der Waals surface area contributed by atoms with E-state index in [0.717, 1.165) is 11.3 Å². The zero-order valence-electron chi connectivity index (χ0n) is 9.74. The molecule has 0 saturated carbocycles. The van der Waals surface area contributed by atoms with Crippen molar-refractivity contribution >= 4 is 17.5 Å². The zero-order chi connectivity index (χ0) is 12.1. The van der Waals surface area contributed by atoms with Gasteiger partial charge in [0.25, 0.3) is 0 Å². The van der Waals surface area contributed by atoms with Crippen LogP contribution in [0.3, 0.4) is 0 Å². The second kappa shape index (κ2) is 5.75. The number of benzene rings is 1. The number of carbonyl (C=O) groups excluding carboxylic acids is 1. The number of para-hydroxylation sites is 1. The second-order valence-electron chi connectivity index (χ2n) is 3.56. The predicted molar refractivity (Wildman–Crippen MR) is 64.9 cm³/mol. The summed E-state index contributed by atoms with van der Waals surface area (Å²) in [7, 11) is 3.36. The molecule has 4 heteroatoms. The maximum absolute atomic E-state index is 11.5. The van der Waals surface area contributed by atoms with E-state index in [-0.39, 0.29) is 17.8 Å². The minimum Gasteiger partial charge on any atom is -0.496 e. The lowest BCUT2D eigenvalue weighted by Gasteiger charge is -2.25. The third-order valence-corrected chi connectivity index (χ3v) is 2.91. The summed E-state index contributed by atoms with van der Waals surface area (Å²) in [4.78, 5) is 13.1. The SMILES string of the molecule is COc1ccccc1[C@H](C)N(C)C(=O)CCl. The Morgan fingerprint density at radius 2 is 2.12 bits per heavy atom. The van der Waals surface area contributed by atoms with E-state index in [0.29, 0.717) is 0 Å². The van der Waals surface area contributed by atoms with Crippen molar-refractivity contribution in [3.63, 3.8) is 0 Å². The minimum absolute atomic E-state index is 0.00398. The predicted octanol–water partition coefficient (Wildman–Crippen LogP) is 2.45. The van der Waals surface area contributed by atoms with Crippen LogP contribution in [0.2, 0.25) is 0 Å². The lowest BCUT2D eigenvalue weighted by Crippen LogP contribution is -2.30. The highest BCUT2D eigenvalue weighted by Gasteiger charge is 2.19. The van der Waals surface area contributed by atoms with Gasteiger partial charge in [0, 0.05) is 12.6 Å². The van der Waals surface area contributed by atoms with Crippen molar-refractivity contribution in [2.24, 2.45) is 0 Å². The molecule has 0 N–H and O–H groups in total. The molecular formula is C12H16ClNO2. The number of hydrogen-bond acceptors (Lipinski definition) is 2. The molecule has 0 heterocycles. The van der Waals surface area contributed by atoms with E-state index in [2.05, 4.69) is 0 Å². The molecule has 1 aromatic carbocycles. The van der Waals surface area contributed by atoms with Crippen LogP contribution in [0.15, 0.2) is 24.3 Å². The molecule has 0 fully saturated rings. The second-order valence-corrected chi connectivity index (χ2v) is 3.82. The topological polar surface area (TPSA) is 29.5 Å². The van der Waals surface area contributed by atoms with Gasteiger partial charge in [-0.3, -0.25) is 4.79 Å². The first-order valence-corrected chi connectivity index (χ1v) is 5.59. The van der Waals surface area contributed by atoms with Crippen molar-refractivity contribution in [1.82, 2.24) is 4.90 Å². The molecule has 0 spiro atoms. The minimum atomic E-state index is -0.0972. The van der Waals surface area contributed by atoms with Gasteiger partial charge in [0.05, 0.1) is 13.2 Å². The van der Waals surface area contributed by atoms with Crippen LogP contribution in [0.5, 0.6) is 5.75 Å².